The molecule has 3 rings (SSSR count). The second-order valence-electron chi connectivity index (χ2n) is 5.88. The van der Waals surface area contributed by atoms with E-state index in [0.29, 0.717) is 18.7 Å². The molecule has 24 heavy (non-hydrogen) atoms. The van der Waals surface area contributed by atoms with Gasteiger partial charge < -0.3 is 40.6 Å². The number of rotatable bonds is 5. The van der Waals surface area contributed by atoms with Crippen LogP contribution in [0.4, 0.5) is 0 Å². The highest BCUT2D eigenvalue weighted by atomic mass is 16.7. The van der Waals surface area contributed by atoms with E-state index in [1.165, 1.54) is 0 Å². The highest BCUT2D eigenvalue weighted by molar-refractivity contribution is 5.84. The number of benzene rings is 1. The quantitative estimate of drug-likeness (QED) is 0.404. The van der Waals surface area contributed by atoms with E-state index in [1.54, 1.807) is 12.1 Å². The molecule has 0 amide bonds. The molecule has 7 N–H and O–H groups in total. The first kappa shape index (κ1) is 17.2. The lowest BCUT2D eigenvalue weighted by atomic mass is 9.99. The van der Waals surface area contributed by atoms with Crippen LogP contribution in [0, 0.1) is 0 Å². The van der Waals surface area contributed by atoms with Crippen LogP contribution < -0.4 is 10.5 Å². The van der Waals surface area contributed by atoms with Crippen LogP contribution in [0.5, 0.6) is 5.75 Å². The Hall–Kier alpha value is -1.68. The molecule has 0 saturated carbocycles. The predicted octanol–water partition coefficient (Wildman–Crippen LogP) is -1.15. The molecule has 132 valence electrons. The summed E-state index contributed by atoms with van der Waals surface area (Å²) in [4.78, 5) is 3.14. The van der Waals surface area contributed by atoms with Crippen LogP contribution in [-0.2, 0) is 11.2 Å². The van der Waals surface area contributed by atoms with E-state index in [1.807, 2.05) is 12.3 Å². The van der Waals surface area contributed by atoms with E-state index in [0.717, 1.165) is 16.5 Å². The summed E-state index contributed by atoms with van der Waals surface area (Å²) >= 11 is 0. The van der Waals surface area contributed by atoms with Gasteiger partial charge in [-0.2, -0.15) is 0 Å². The van der Waals surface area contributed by atoms with Crippen molar-refractivity contribution < 1.29 is 29.9 Å². The number of nitrogens with one attached hydrogen (secondary N) is 1. The molecular weight excluding hydrogens is 316 g/mol. The van der Waals surface area contributed by atoms with Crippen molar-refractivity contribution in [3.8, 4) is 5.75 Å². The molecule has 8 nitrogen and oxygen atoms in total. The van der Waals surface area contributed by atoms with Crippen molar-refractivity contribution in [3.05, 3.63) is 30.0 Å². The van der Waals surface area contributed by atoms with E-state index in [4.69, 9.17) is 15.2 Å². The Balaban J connectivity index is 1.82. The lowest BCUT2D eigenvalue weighted by Gasteiger charge is -2.39. The third-order valence-corrected chi connectivity index (χ3v) is 4.25. The maximum absolute atomic E-state index is 10.0. The van der Waals surface area contributed by atoms with Crippen LogP contribution in [0.25, 0.3) is 10.9 Å². The summed E-state index contributed by atoms with van der Waals surface area (Å²) in [5.41, 5.74) is 7.58. The van der Waals surface area contributed by atoms with E-state index >= 15 is 0 Å². The maximum Gasteiger partial charge on any atom is 0.229 e. The molecule has 1 aromatic carbocycles. The van der Waals surface area contributed by atoms with E-state index in [9.17, 15) is 20.4 Å². The zero-order chi connectivity index (χ0) is 17.3. The molecule has 2 heterocycles. The molecule has 8 heteroatoms. The largest absolute Gasteiger partial charge is 0.462 e. The molecule has 1 aliphatic rings. The Morgan fingerprint density at radius 3 is 2.67 bits per heavy atom. The summed E-state index contributed by atoms with van der Waals surface area (Å²) in [7, 11) is 0. The lowest BCUT2D eigenvalue weighted by molar-refractivity contribution is -0.277. The van der Waals surface area contributed by atoms with Gasteiger partial charge in [0, 0.05) is 17.1 Å². The summed E-state index contributed by atoms with van der Waals surface area (Å²) < 4.78 is 11.0. The average molecular weight is 338 g/mol. The van der Waals surface area contributed by atoms with Gasteiger partial charge in [0.1, 0.15) is 30.2 Å². The molecule has 0 bridgehead atoms. The molecular formula is C16H22N2O6. The SMILES string of the molecule is NCCc1c[nH]c2ccc(O[C@@H]3O[C@H](CO)[C@@H](O)[C@H](O)[C@H]3O)cc12. The number of hydrogen-bond donors (Lipinski definition) is 6. The molecule has 5 atom stereocenters. The predicted molar refractivity (Wildman–Crippen MR) is 85.5 cm³/mol. The van der Waals surface area contributed by atoms with Gasteiger partial charge in [0.15, 0.2) is 0 Å². The van der Waals surface area contributed by atoms with Gasteiger partial charge in [0.25, 0.3) is 0 Å². The van der Waals surface area contributed by atoms with Gasteiger partial charge in [0.05, 0.1) is 6.61 Å². The number of nitrogens with two attached hydrogens (primary N) is 1. The molecule has 1 aliphatic heterocycles. The van der Waals surface area contributed by atoms with Crippen LogP contribution in [-0.4, -0.2) is 69.3 Å². The number of H-pyrrole nitrogens is 1. The average Bonchev–Trinajstić information content (AvgIpc) is 2.98. The van der Waals surface area contributed by atoms with Crippen LogP contribution >= 0.6 is 0 Å². The topological polar surface area (TPSA) is 141 Å². The van der Waals surface area contributed by atoms with Gasteiger partial charge in [0.2, 0.25) is 6.29 Å². The summed E-state index contributed by atoms with van der Waals surface area (Å²) in [5, 5.41) is 39.8. The molecule has 0 radical (unpaired) electrons. The standard InChI is InChI=1S/C16H22N2O6/c17-4-3-8-6-18-11-2-1-9(5-10(8)11)23-16-15(22)14(21)13(20)12(7-19)24-16/h1-2,5-6,12-16,18-22H,3-4,7,17H2/t12-,13-,14+,15-,16-/m1/s1. The number of fused-ring (bicyclic) bond motifs is 1. The fourth-order valence-corrected chi connectivity index (χ4v) is 2.89. The lowest BCUT2D eigenvalue weighted by Crippen LogP contribution is -2.60. The van der Waals surface area contributed by atoms with Crippen LogP contribution in [0.3, 0.4) is 0 Å². The Kier molecular flexibility index (Phi) is 5.04. The van der Waals surface area contributed by atoms with Crippen molar-refractivity contribution in [2.45, 2.75) is 37.1 Å². The maximum atomic E-state index is 10.0. The van der Waals surface area contributed by atoms with Crippen LogP contribution in [0.1, 0.15) is 5.56 Å². The van der Waals surface area contributed by atoms with E-state index in [2.05, 4.69) is 4.98 Å². The van der Waals surface area contributed by atoms with Crippen molar-refractivity contribution in [1.29, 1.82) is 0 Å². The third kappa shape index (κ3) is 3.12. The molecule has 1 fully saturated rings. The fourth-order valence-electron chi connectivity index (χ4n) is 2.89. The van der Waals surface area contributed by atoms with Gasteiger partial charge in [-0.15, -0.1) is 0 Å². The Labute approximate surface area is 138 Å². The first-order chi connectivity index (χ1) is 11.5. The number of ether oxygens (including phenoxy) is 2. The second-order valence-corrected chi connectivity index (χ2v) is 5.88. The number of aliphatic hydroxyl groups is 4. The number of hydrogen-bond acceptors (Lipinski definition) is 7. The summed E-state index contributed by atoms with van der Waals surface area (Å²) in [5.74, 6) is 0.435. The van der Waals surface area contributed by atoms with Crippen LogP contribution in [0.15, 0.2) is 24.4 Å². The smallest absolute Gasteiger partial charge is 0.229 e. The van der Waals surface area contributed by atoms with Gasteiger partial charge in [-0.25, -0.2) is 0 Å². The number of aliphatic hydroxyl groups excluding tert-OH is 4. The highest BCUT2D eigenvalue weighted by Gasteiger charge is 2.44. The molecule has 1 saturated heterocycles. The van der Waals surface area contributed by atoms with Crippen molar-refractivity contribution in [2.24, 2.45) is 5.73 Å². The van der Waals surface area contributed by atoms with Crippen LogP contribution in [0.2, 0.25) is 0 Å². The zero-order valence-electron chi connectivity index (χ0n) is 13.0. The summed E-state index contributed by atoms with van der Waals surface area (Å²) in [6, 6.07) is 5.32. The monoisotopic (exact) mass is 338 g/mol. The molecule has 0 unspecified atom stereocenters. The second kappa shape index (κ2) is 7.06. The third-order valence-electron chi connectivity index (χ3n) is 4.25. The van der Waals surface area contributed by atoms with Gasteiger partial charge in [-0.3, -0.25) is 0 Å². The Morgan fingerprint density at radius 2 is 1.96 bits per heavy atom. The van der Waals surface area contributed by atoms with E-state index < -0.39 is 37.3 Å². The van der Waals surface area contributed by atoms with Gasteiger partial charge in [-0.1, -0.05) is 0 Å². The number of aromatic nitrogens is 1. The highest BCUT2D eigenvalue weighted by Crippen LogP contribution is 2.28. The number of aromatic amines is 1. The Morgan fingerprint density at radius 1 is 1.17 bits per heavy atom. The Bertz CT molecular complexity index is 688. The van der Waals surface area contributed by atoms with Crippen molar-refractivity contribution in [2.75, 3.05) is 13.2 Å². The molecule has 1 aromatic heterocycles. The summed E-state index contributed by atoms with van der Waals surface area (Å²) in [6.07, 6.45) is -3.92. The van der Waals surface area contributed by atoms with Crippen molar-refractivity contribution in [1.82, 2.24) is 4.98 Å². The minimum absolute atomic E-state index is 0.435. The molecule has 0 spiro atoms. The molecule has 2 aromatic rings. The zero-order valence-corrected chi connectivity index (χ0v) is 13.0. The minimum Gasteiger partial charge on any atom is -0.462 e. The fraction of sp³-hybridized carbons (Fsp3) is 0.500. The first-order valence-corrected chi connectivity index (χ1v) is 7.82. The minimum atomic E-state index is -1.47. The van der Waals surface area contributed by atoms with Gasteiger partial charge >= 0.3 is 0 Å². The van der Waals surface area contributed by atoms with Crippen molar-refractivity contribution >= 4 is 10.9 Å². The van der Waals surface area contributed by atoms with E-state index in [-0.39, 0.29) is 0 Å². The molecule has 0 aliphatic carbocycles. The van der Waals surface area contributed by atoms with Crippen molar-refractivity contribution in [3.63, 3.8) is 0 Å². The first-order valence-electron chi connectivity index (χ1n) is 7.82. The van der Waals surface area contributed by atoms with Gasteiger partial charge in [-0.05, 0) is 36.7 Å². The normalized spacial score (nSPS) is 30.6. The summed E-state index contributed by atoms with van der Waals surface area (Å²) in [6.45, 7) is 0.0209.